The quantitative estimate of drug-likeness (QED) is 0.798. The second-order valence-corrected chi connectivity index (χ2v) is 5.56. The van der Waals surface area contributed by atoms with Gasteiger partial charge in [-0.15, -0.1) is 0 Å². The van der Waals surface area contributed by atoms with E-state index < -0.39 is 12.1 Å². The molecule has 6 nitrogen and oxygen atoms in total. The number of nitrogens with one attached hydrogen (secondary N) is 2. The summed E-state index contributed by atoms with van der Waals surface area (Å²) < 4.78 is 5.60. The number of urea groups is 1. The molecule has 1 saturated carbocycles. The van der Waals surface area contributed by atoms with Crippen LogP contribution in [0.2, 0.25) is 0 Å². The van der Waals surface area contributed by atoms with Gasteiger partial charge in [0.2, 0.25) is 5.91 Å². The number of nitrogens with zero attached hydrogens (tertiary/aromatic N) is 1. The minimum absolute atomic E-state index is 0.236. The molecular weight excluding hydrogens is 282 g/mol. The SMILES string of the molecule is CC(C(=O)NC(=O)NC1CC1)N(C)CCOc1ccccc1. The first-order chi connectivity index (χ1) is 10.6. The van der Waals surface area contributed by atoms with Gasteiger partial charge in [-0.05, 0) is 38.9 Å². The predicted octanol–water partition coefficient (Wildman–Crippen LogP) is 1.37. The van der Waals surface area contributed by atoms with Crippen molar-refractivity contribution in [3.63, 3.8) is 0 Å². The highest BCUT2D eigenvalue weighted by Crippen LogP contribution is 2.18. The van der Waals surface area contributed by atoms with Gasteiger partial charge in [0.05, 0.1) is 6.04 Å². The molecular formula is C16H23N3O3. The van der Waals surface area contributed by atoms with Gasteiger partial charge in [-0.25, -0.2) is 4.79 Å². The summed E-state index contributed by atoms with van der Waals surface area (Å²) >= 11 is 0. The Kier molecular flexibility index (Phi) is 5.77. The Morgan fingerprint density at radius 1 is 1.32 bits per heavy atom. The van der Waals surface area contributed by atoms with Crippen molar-refractivity contribution in [1.29, 1.82) is 0 Å². The van der Waals surface area contributed by atoms with E-state index in [0.717, 1.165) is 18.6 Å². The summed E-state index contributed by atoms with van der Waals surface area (Å²) in [6.07, 6.45) is 1.99. The lowest BCUT2D eigenvalue weighted by atomic mass is 10.3. The van der Waals surface area contributed by atoms with E-state index in [2.05, 4.69) is 10.6 Å². The Balaban J connectivity index is 1.67. The van der Waals surface area contributed by atoms with Crippen LogP contribution in [0, 0.1) is 0 Å². The molecule has 0 aliphatic heterocycles. The number of imide groups is 1. The number of para-hydroxylation sites is 1. The molecule has 1 atom stereocenters. The lowest BCUT2D eigenvalue weighted by Crippen LogP contribution is -2.49. The number of hydrogen-bond acceptors (Lipinski definition) is 4. The van der Waals surface area contributed by atoms with Gasteiger partial charge in [-0.2, -0.15) is 0 Å². The molecule has 22 heavy (non-hydrogen) atoms. The third-order valence-corrected chi connectivity index (χ3v) is 3.65. The van der Waals surface area contributed by atoms with Gasteiger partial charge in [0.15, 0.2) is 0 Å². The highest BCUT2D eigenvalue weighted by molar-refractivity contribution is 5.96. The van der Waals surface area contributed by atoms with E-state index in [9.17, 15) is 9.59 Å². The van der Waals surface area contributed by atoms with E-state index in [0.29, 0.717) is 13.2 Å². The van der Waals surface area contributed by atoms with Gasteiger partial charge in [0.25, 0.3) is 0 Å². The number of amides is 3. The maximum atomic E-state index is 12.0. The average Bonchev–Trinajstić information content (AvgIpc) is 3.31. The Bertz CT molecular complexity index is 503. The lowest BCUT2D eigenvalue weighted by Gasteiger charge is -2.23. The first-order valence-corrected chi connectivity index (χ1v) is 7.55. The lowest BCUT2D eigenvalue weighted by molar-refractivity contribution is -0.124. The van der Waals surface area contributed by atoms with Crippen molar-refractivity contribution >= 4 is 11.9 Å². The van der Waals surface area contributed by atoms with Gasteiger partial charge in [0.1, 0.15) is 12.4 Å². The van der Waals surface area contributed by atoms with Crippen LogP contribution in [0.15, 0.2) is 30.3 Å². The van der Waals surface area contributed by atoms with E-state index in [1.54, 1.807) is 6.92 Å². The molecule has 0 saturated heterocycles. The molecule has 2 N–H and O–H groups in total. The number of carbonyl (C=O) groups excluding carboxylic acids is 2. The van der Waals surface area contributed by atoms with Crippen molar-refractivity contribution < 1.29 is 14.3 Å². The van der Waals surface area contributed by atoms with Crippen LogP contribution in [0.1, 0.15) is 19.8 Å². The second kappa shape index (κ2) is 7.79. The Morgan fingerprint density at radius 3 is 2.64 bits per heavy atom. The molecule has 6 heteroatoms. The minimum atomic E-state index is -0.409. The van der Waals surface area contributed by atoms with Crippen molar-refractivity contribution in [1.82, 2.24) is 15.5 Å². The highest BCUT2D eigenvalue weighted by atomic mass is 16.5. The van der Waals surface area contributed by atoms with Crippen LogP contribution < -0.4 is 15.4 Å². The maximum absolute atomic E-state index is 12.0. The summed E-state index contributed by atoms with van der Waals surface area (Å²) in [5, 5.41) is 5.10. The summed E-state index contributed by atoms with van der Waals surface area (Å²) in [6, 6.07) is 8.95. The third-order valence-electron chi connectivity index (χ3n) is 3.65. The van der Waals surface area contributed by atoms with Crippen molar-refractivity contribution in [2.45, 2.75) is 31.8 Å². The van der Waals surface area contributed by atoms with Crippen LogP contribution >= 0.6 is 0 Å². The first kappa shape index (κ1) is 16.3. The van der Waals surface area contributed by atoms with Crippen molar-refractivity contribution in [3.05, 3.63) is 30.3 Å². The van der Waals surface area contributed by atoms with Crippen LogP contribution in [0.5, 0.6) is 5.75 Å². The smallest absolute Gasteiger partial charge is 0.321 e. The second-order valence-electron chi connectivity index (χ2n) is 5.56. The zero-order valence-corrected chi connectivity index (χ0v) is 13.0. The Hall–Kier alpha value is -2.08. The molecule has 2 rings (SSSR count). The van der Waals surface area contributed by atoms with E-state index >= 15 is 0 Å². The minimum Gasteiger partial charge on any atom is -0.492 e. The van der Waals surface area contributed by atoms with Crippen LogP contribution in [0.25, 0.3) is 0 Å². The average molecular weight is 305 g/mol. The highest BCUT2D eigenvalue weighted by Gasteiger charge is 2.25. The van der Waals surface area contributed by atoms with Crippen LogP contribution in [-0.4, -0.2) is 49.1 Å². The number of hydrogen-bond donors (Lipinski definition) is 2. The molecule has 1 fully saturated rings. The molecule has 3 amide bonds. The zero-order valence-electron chi connectivity index (χ0n) is 13.0. The van der Waals surface area contributed by atoms with E-state index in [1.165, 1.54) is 0 Å². The molecule has 0 bridgehead atoms. The van der Waals surface area contributed by atoms with E-state index in [-0.39, 0.29) is 11.9 Å². The summed E-state index contributed by atoms with van der Waals surface area (Å²) in [6.45, 7) is 2.84. The largest absolute Gasteiger partial charge is 0.492 e. The monoisotopic (exact) mass is 305 g/mol. The summed E-state index contributed by atoms with van der Waals surface area (Å²) in [4.78, 5) is 25.4. The normalized spacial score (nSPS) is 15.2. The predicted molar refractivity (Wildman–Crippen MR) is 83.7 cm³/mol. The Morgan fingerprint density at radius 2 is 2.00 bits per heavy atom. The van der Waals surface area contributed by atoms with Crippen molar-refractivity contribution in [2.75, 3.05) is 20.2 Å². The summed E-state index contributed by atoms with van der Waals surface area (Å²) in [7, 11) is 1.83. The van der Waals surface area contributed by atoms with E-state index in [1.807, 2.05) is 42.3 Å². The molecule has 120 valence electrons. The van der Waals surface area contributed by atoms with Crippen molar-refractivity contribution in [2.24, 2.45) is 0 Å². The van der Waals surface area contributed by atoms with Gasteiger partial charge >= 0.3 is 6.03 Å². The third kappa shape index (κ3) is 5.37. The number of likely N-dealkylation sites (N-methyl/N-ethyl adjacent to an activating group) is 1. The zero-order chi connectivity index (χ0) is 15.9. The van der Waals surface area contributed by atoms with E-state index in [4.69, 9.17) is 4.74 Å². The standard InChI is InChI=1S/C16H23N3O3/c1-12(15(20)18-16(21)17-13-8-9-13)19(2)10-11-22-14-6-4-3-5-7-14/h3-7,12-13H,8-11H2,1-2H3,(H2,17,18,20,21). The summed E-state index contributed by atoms with van der Waals surface area (Å²) in [5.74, 6) is 0.497. The van der Waals surface area contributed by atoms with Gasteiger partial charge in [-0.1, -0.05) is 18.2 Å². The fourth-order valence-corrected chi connectivity index (χ4v) is 1.88. The molecule has 0 radical (unpaired) electrons. The molecule has 0 aromatic heterocycles. The van der Waals surface area contributed by atoms with Gasteiger partial charge in [-0.3, -0.25) is 15.0 Å². The molecule has 0 spiro atoms. The number of rotatable bonds is 7. The summed E-state index contributed by atoms with van der Waals surface area (Å²) in [5.41, 5.74) is 0. The molecule has 1 aromatic rings. The van der Waals surface area contributed by atoms with Crippen LogP contribution in [0.4, 0.5) is 4.79 Å². The van der Waals surface area contributed by atoms with Gasteiger partial charge in [0, 0.05) is 12.6 Å². The maximum Gasteiger partial charge on any atom is 0.321 e. The number of carbonyl (C=O) groups is 2. The Labute approximate surface area is 130 Å². The first-order valence-electron chi connectivity index (χ1n) is 7.55. The fraction of sp³-hybridized carbons (Fsp3) is 0.500. The molecule has 1 aromatic carbocycles. The van der Waals surface area contributed by atoms with Gasteiger partial charge < -0.3 is 10.1 Å². The number of benzene rings is 1. The fourth-order valence-electron chi connectivity index (χ4n) is 1.88. The molecule has 1 aliphatic rings. The van der Waals surface area contributed by atoms with Crippen LogP contribution in [-0.2, 0) is 4.79 Å². The molecule has 1 unspecified atom stereocenters. The molecule has 1 aliphatic carbocycles. The van der Waals surface area contributed by atoms with Crippen molar-refractivity contribution in [3.8, 4) is 5.75 Å². The topological polar surface area (TPSA) is 70.7 Å². The number of ether oxygens (including phenoxy) is 1. The molecule has 0 heterocycles. The van der Waals surface area contributed by atoms with Crippen LogP contribution in [0.3, 0.4) is 0 Å².